The number of halogens is 2. The second-order valence-corrected chi connectivity index (χ2v) is 15.6. The van der Waals surface area contributed by atoms with E-state index < -0.39 is 0 Å². The van der Waals surface area contributed by atoms with E-state index in [2.05, 4.69) is 225 Å². The van der Waals surface area contributed by atoms with Crippen molar-refractivity contribution in [1.29, 1.82) is 0 Å². The number of rotatable bonds is 6. The second kappa shape index (κ2) is 18.9. The molecule has 0 heterocycles. The summed E-state index contributed by atoms with van der Waals surface area (Å²) in [6.07, 6.45) is 10.0. The minimum absolute atomic E-state index is 0. The van der Waals surface area contributed by atoms with Gasteiger partial charge < -0.3 is 24.8 Å². The number of allylic oxidation sites excluding steroid dienone is 4. The summed E-state index contributed by atoms with van der Waals surface area (Å²) in [4.78, 5) is 0. The third-order valence-corrected chi connectivity index (χ3v) is 11.3. The smallest absolute Gasteiger partial charge is 0.109 e. The average molecular weight is 780 g/mol. The van der Waals surface area contributed by atoms with Crippen LogP contribution in [-0.2, 0) is 30.8 Å². The van der Waals surface area contributed by atoms with Crippen LogP contribution in [0.4, 0.5) is 0 Å². The van der Waals surface area contributed by atoms with Crippen molar-refractivity contribution in [2.75, 3.05) is 0 Å². The second-order valence-electron chi connectivity index (χ2n) is 14.8. The van der Waals surface area contributed by atoms with E-state index in [-0.39, 0.29) is 35.6 Å². The van der Waals surface area contributed by atoms with Gasteiger partial charge in [-0.15, -0.1) is 46.2 Å². The normalized spacial score (nSPS) is 11.9. The molecule has 0 N–H and O–H groups in total. The topological polar surface area (TPSA) is 0 Å². The van der Waals surface area contributed by atoms with Crippen LogP contribution in [0.15, 0.2) is 170 Å². The molecule has 0 fully saturated rings. The van der Waals surface area contributed by atoms with Crippen molar-refractivity contribution < 1.29 is 44.8 Å². The molecule has 1 aliphatic carbocycles. The van der Waals surface area contributed by atoms with Crippen LogP contribution in [0.2, 0.25) is 0 Å². The number of fused-ring (bicyclic) bond motifs is 3. The Bertz CT molecular complexity index is 2160. The molecule has 3 heteroatoms. The molecule has 0 unspecified atom stereocenters. The molecule has 1 aliphatic rings. The van der Waals surface area contributed by atoms with Crippen LogP contribution in [0.25, 0.3) is 21.5 Å². The minimum Gasteiger partial charge on any atom is -1.00 e. The molecule has 7 aromatic carbocycles. The molecule has 0 saturated heterocycles. The van der Waals surface area contributed by atoms with Crippen molar-refractivity contribution >= 4 is 25.4 Å². The summed E-state index contributed by atoms with van der Waals surface area (Å²) in [6.45, 7) is 13.5. The van der Waals surface area contributed by atoms with E-state index in [1.807, 2.05) is 12.2 Å². The summed E-state index contributed by atoms with van der Waals surface area (Å²) < 4.78 is 1.33. The van der Waals surface area contributed by atoms with E-state index in [9.17, 15) is 0 Å². The van der Waals surface area contributed by atoms with Gasteiger partial charge >= 0.3 is 108 Å². The van der Waals surface area contributed by atoms with Gasteiger partial charge in [-0.1, -0.05) is 124 Å². The monoisotopic (exact) mass is 778 g/mol. The van der Waals surface area contributed by atoms with Crippen LogP contribution in [0.1, 0.15) is 78.6 Å². The maximum absolute atomic E-state index is 2.99. The van der Waals surface area contributed by atoms with Gasteiger partial charge in [-0.05, 0) is 11.1 Å². The molecular weight excluding hydrogens is 731 g/mol. The first-order chi connectivity index (χ1) is 25.0. The van der Waals surface area contributed by atoms with E-state index in [1.54, 1.807) is 0 Å². The Hall–Kier alpha value is -4.17. The summed E-state index contributed by atoms with van der Waals surface area (Å²) in [5.74, 6) is 0. The van der Waals surface area contributed by atoms with Crippen molar-refractivity contribution in [3.8, 4) is 0 Å². The fourth-order valence-corrected chi connectivity index (χ4v) is 7.29. The van der Waals surface area contributed by atoms with Crippen molar-refractivity contribution in [1.82, 2.24) is 0 Å². The Labute approximate surface area is 347 Å². The molecule has 0 amide bonds. The van der Waals surface area contributed by atoms with Gasteiger partial charge in [0, 0.05) is 10.8 Å². The zero-order chi connectivity index (χ0) is 36.7. The van der Waals surface area contributed by atoms with E-state index in [0.717, 1.165) is 6.42 Å². The summed E-state index contributed by atoms with van der Waals surface area (Å²) in [5.41, 5.74) is 10.5. The Balaban J connectivity index is 0.000000236. The molecule has 0 spiro atoms. The average Bonchev–Trinajstić information content (AvgIpc) is 3.88. The molecule has 0 radical (unpaired) electrons. The Kier molecular flexibility index (Phi) is 14.9. The standard InChI is InChI=1S/C31H29.C15H14.C5H5.2ClH.Ti/c1-30(2,24-11-7-5-8-12-24)26-17-15-22-19-23-16-18-27(21-29(23)28(22)20-26)31(3,4)25-13-9-6-10-14-25;1-12-3-7-14(8-4-12)11-15-9-5-13(2)6-10-15;1-2-4-5-3-1;;;/h5-21H,1-4H3;3-10H,1-2H3;1-3H,4H2;2*1H;/q-1;;-1;;;+2/p-2. The number of benzene rings is 6. The van der Waals surface area contributed by atoms with E-state index in [4.69, 9.17) is 0 Å². The molecule has 7 aromatic rings. The van der Waals surface area contributed by atoms with Crippen molar-refractivity contribution in [3.05, 3.63) is 220 Å². The summed E-state index contributed by atoms with van der Waals surface area (Å²) in [7, 11) is 0. The number of aryl methyl sites for hydroxylation is 2. The molecule has 54 heavy (non-hydrogen) atoms. The van der Waals surface area contributed by atoms with Gasteiger partial charge in [0.2, 0.25) is 0 Å². The predicted octanol–water partition coefficient (Wildman–Crippen LogP) is 7.10. The van der Waals surface area contributed by atoms with Crippen molar-refractivity contribution in [2.45, 2.75) is 58.8 Å². The fraction of sp³-hybridized carbons (Fsp3) is 0.176. The molecule has 0 atom stereocenters. The SMILES string of the molecule is CC(C)(c1ccccc1)c1ccc2[cH-]c3ccc(C(C)(C)c4ccccc4)cc3c2c1.Cc1ccc([C](=[Ti+2])c2ccc(C)cc2)cc1.[C-]1=CC=CC1.[Cl-].[Cl-]. The zero-order valence-electron chi connectivity index (χ0n) is 32.1. The summed E-state index contributed by atoms with van der Waals surface area (Å²) in [6, 6.07) is 55.3. The van der Waals surface area contributed by atoms with Gasteiger partial charge in [-0.2, -0.15) is 6.08 Å². The Morgan fingerprint density at radius 1 is 0.537 bits per heavy atom. The number of hydrogen-bond acceptors (Lipinski definition) is 0. The van der Waals surface area contributed by atoms with Crippen LogP contribution < -0.4 is 24.8 Å². The number of hydrogen-bond donors (Lipinski definition) is 0. The Morgan fingerprint density at radius 2 is 0.944 bits per heavy atom. The molecule has 0 aromatic heterocycles. The van der Waals surface area contributed by atoms with E-state index in [0.29, 0.717) is 0 Å². The maximum Gasteiger partial charge on any atom is -0.109 e. The van der Waals surface area contributed by atoms with Gasteiger partial charge in [-0.3, -0.25) is 6.08 Å². The molecule has 8 rings (SSSR count). The zero-order valence-corrected chi connectivity index (χ0v) is 35.2. The van der Waals surface area contributed by atoms with Gasteiger partial charge in [0.05, 0.1) is 0 Å². The predicted molar refractivity (Wildman–Crippen MR) is 221 cm³/mol. The first-order valence-electron chi connectivity index (χ1n) is 18.2. The summed E-state index contributed by atoms with van der Waals surface area (Å²) in [5, 5.41) is 5.33. The molecular formula is C51H48Cl2Ti-2. The first-order valence-corrected chi connectivity index (χ1v) is 19.0. The largest absolute Gasteiger partial charge is 1.00 e. The first kappa shape index (κ1) is 42.6. The van der Waals surface area contributed by atoms with Gasteiger partial charge in [0.15, 0.2) is 0 Å². The van der Waals surface area contributed by atoms with Crippen LogP contribution in [-0.4, -0.2) is 3.81 Å². The minimum atomic E-state index is -0.0417. The van der Waals surface area contributed by atoms with Crippen LogP contribution in [0.5, 0.6) is 0 Å². The molecule has 0 aliphatic heterocycles. The quantitative estimate of drug-likeness (QED) is 0.125. The van der Waals surface area contributed by atoms with Crippen LogP contribution >= 0.6 is 0 Å². The van der Waals surface area contributed by atoms with Crippen molar-refractivity contribution in [2.24, 2.45) is 0 Å². The molecule has 0 nitrogen and oxygen atoms in total. The van der Waals surface area contributed by atoms with Crippen LogP contribution in [0.3, 0.4) is 0 Å². The van der Waals surface area contributed by atoms with Gasteiger partial charge in [0.1, 0.15) is 0 Å². The van der Waals surface area contributed by atoms with Crippen LogP contribution in [0, 0.1) is 19.9 Å². The Morgan fingerprint density at radius 3 is 1.28 bits per heavy atom. The third kappa shape index (κ3) is 9.92. The third-order valence-electron chi connectivity index (χ3n) is 10.4. The summed E-state index contributed by atoms with van der Waals surface area (Å²) >= 11 is 2.18. The van der Waals surface area contributed by atoms with E-state index >= 15 is 0 Å². The maximum atomic E-state index is 2.99. The molecule has 0 saturated carbocycles. The fourth-order valence-electron chi connectivity index (χ4n) is 6.77. The molecule has 272 valence electrons. The van der Waals surface area contributed by atoms with Gasteiger partial charge in [-0.25, -0.2) is 12.2 Å². The van der Waals surface area contributed by atoms with E-state index in [1.165, 1.54) is 69.9 Å². The molecule has 0 bridgehead atoms. The van der Waals surface area contributed by atoms with Gasteiger partial charge in [0.25, 0.3) is 0 Å². The van der Waals surface area contributed by atoms with Crippen molar-refractivity contribution in [3.63, 3.8) is 0 Å².